The summed E-state index contributed by atoms with van der Waals surface area (Å²) >= 11 is 0. The van der Waals surface area contributed by atoms with Gasteiger partial charge in [-0.25, -0.2) is 13.2 Å². The van der Waals surface area contributed by atoms with E-state index in [4.69, 9.17) is 9.26 Å². The van der Waals surface area contributed by atoms with Crippen LogP contribution in [0, 0.1) is 26.7 Å². The molecule has 3 atom stereocenters. The van der Waals surface area contributed by atoms with Crippen molar-refractivity contribution in [1.29, 1.82) is 0 Å². The fourth-order valence-corrected chi connectivity index (χ4v) is 5.91. The van der Waals surface area contributed by atoms with Crippen LogP contribution < -0.4 is 15.4 Å². The molecule has 42 heavy (non-hydrogen) atoms. The van der Waals surface area contributed by atoms with Crippen LogP contribution in [0.4, 0.5) is 16.2 Å². The summed E-state index contributed by atoms with van der Waals surface area (Å²) in [5, 5.41) is 19.2. The number of fused-ring (bicyclic) bond motifs is 1. The molecule has 226 valence electrons. The summed E-state index contributed by atoms with van der Waals surface area (Å²) in [7, 11) is -2.37. The first-order valence-electron chi connectivity index (χ1n) is 13.6. The fraction of sp³-hybridized carbons (Fsp3) is 0.414. The molecule has 0 unspecified atom stereocenters. The predicted octanol–water partition coefficient (Wildman–Crippen LogP) is 3.78. The number of urea groups is 1. The Labute approximate surface area is 245 Å². The van der Waals surface area contributed by atoms with Gasteiger partial charge in [-0.05, 0) is 52.0 Å². The normalized spacial score (nSPS) is 18.1. The zero-order valence-electron chi connectivity index (χ0n) is 24.5. The van der Waals surface area contributed by atoms with E-state index in [-0.39, 0.29) is 53.4 Å². The Morgan fingerprint density at radius 3 is 2.48 bits per heavy atom. The van der Waals surface area contributed by atoms with Crippen molar-refractivity contribution >= 4 is 33.3 Å². The number of aryl methyl sites for hydroxylation is 3. The number of amides is 3. The molecule has 0 spiro atoms. The summed E-state index contributed by atoms with van der Waals surface area (Å²) in [5.41, 5.74) is 2.24. The summed E-state index contributed by atoms with van der Waals surface area (Å²) in [4.78, 5) is 28.4. The highest BCUT2D eigenvalue weighted by Crippen LogP contribution is 2.35. The minimum absolute atomic E-state index is 0.0358. The van der Waals surface area contributed by atoms with Crippen LogP contribution in [0.25, 0.3) is 0 Å². The number of carbonyl (C=O) groups is 2. The van der Waals surface area contributed by atoms with Gasteiger partial charge in [0.2, 0.25) is 10.0 Å². The van der Waals surface area contributed by atoms with Gasteiger partial charge < -0.3 is 29.9 Å². The summed E-state index contributed by atoms with van der Waals surface area (Å²) in [5.74, 6) is -0.203. The molecule has 0 bridgehead atoms. The molecule has 2 heterocycles. The van der Waals surface area contributed by atoms with Crippen molar-refractivity contribution in [3.8, 4) is 5.75 Å². The van der Waals surface area contributed by atoms with E-state index in [0.717, 1.165) is 5.56 Å². The van der Waals surface area contributed by atoms with Gasteiger partial charge in [-0.2, -0.15) is 4.31 Å². The molecule has 1 aromatic heterocycles. The molecule has 3 aromatic rings. The Balaban J connectivity index is 1.70. The predicted molar refractivity (Wildman–Crippen MR) is 157 cm³/mol. The van der Waals surface area contributed by atoms with Crippen molar-refractivity contribution in [3.05, 3.63) is 65.0 Å². The number of para-hydroxylation sites is 1. The largest absolute Gasteiger partial charge is 0.486 e. The number of rotatable bonds is 8. The summed E-state index contributed by atoms with van der Waals surface area (Å²) in [6, 6.07) is 10.2. The lowest BCUT2D eigenvalue weighted by molar-refractivity contribution is 0.0389. The first kappa shape index (κ1) is 31.0. The van der Waals surface area contributed by atoms with Crippen LogP contribution in [0.15, 0.2) is 51.9 Å². The topological polar surface area (TPSA) is 154 Å². The number of aliphatic hydroxyl groups is 1. The van der Waals surface area contributed by atoms with E-state index < -0.39 is 28.2 Å². The first-order chi connectivity index (χ1) is 19.8. The van der Waals surface area contributed by atoms with Crippen molar-refractivity contribution in [2.75, 3.05) is 37.4 Å². The Bertz CT molecular complexity index is 1540. The van der Waals surface area contributed by atoms with E-state index in [1.165, 1.54) is 11.4 Å². The third-order valence-corrected chi connectivity index (χ3v) is 9.22. The summed E-state index contributed by atoms with van der Waals surface area (Å²) < 4.78 is 39.6. The summed E-state index contributed by atoms with van der Waals surface area (Å²) in [6.07, 6.45) is -0.718. The number of nitrogens with one attached hydrogen (secondary N) is 2. The third-order valence-electron chi connectivity index (χ3n) is 7.38. The molecule has 1 aliphatic rings. The molecular weight excluding hydrogens is 562 g/mol. The Kier molecular flexibility index (Phi) is 9.24. The number of anilines is 2. The number of sulfonamides is 1. The van der Waals surface area contributed by atoms with E-state index >= 15 is 0 Å². The number of ether oxygens (including phenoxy) is 1. The first-order valence-corrected chi connectivity index (χ1v) is 15.0. The molecule has 2 aromatic carbocycles. The molecular formula is C29H37N5O7S. The van der Waals surface area contributed by atoms with Crippen LogP contribution in [-0.2, 0) is 10.0 Å². The minimum atomic E-state index is -3.85. The molecule has 13 heteroatoms. The van der Waals surface area contributed by atoms with Crippen LogP contribution in [0.5, 0.6) is 5.75 Å². The number of hydrogen-bond acceptors (Lipinski definition) is 8. The van der Waals surface area contributed by atoms with Crippen LogP contribution >= 0.6 is 0 Å². The molecule has 0 saturated heterocycles. The van der Waals surface area contributed by atoms with Crippen molar-refractivity contribution in [2.45, 2.75) is 51.7 Å². The average Bonchev–Trinajstić information content (AvgIpc) is 3.26. The van der Waals surface area contributed by atoms with Crippen molar-refractivity contribution in [1.82, 2.24) is 14.4 Å². The van der Waals surface area contributed by atoms with Gasteiger partial charge >= 0.3 is 6.03 Å². The second-order valence-corrected chi connectivity index (χ2v) is 12.7. The highest BCUT2D eigenvalue weighted by molar-refractivity contribution is 7.89. The molecule has 0 radical (unpaired) electrons. The maximum absolute atomic E-state index is 13.7. The molecule has 12 nitrogen and oxygen atoms in total. The highest BCUT2D eigenvalue weighted by Gasteiger charge is 2.36. The van der Waals surface area contributed by atoms with E-state index in [1.807, 2.05) is 13.8 Å². The SMILES string of the molecule is Cc1ccc(S(=O)(=O)N(C)C[C@H]2Oc3c(NC(=O)Nc4c(C)noc4C)cccc3C(=O)N([C@@H](C)CO)C[C@H]2C)cc1. The van der Waals surface area contributed by atoms with Gasteiger partial charge in [-0.15, -0.1) is 0 Å². The quantitative estimate of drug-likeness (QED) is 0.353. The molecule has 0 fully saturated rings. The second kappa shape index (κ2) is 12.5. The standard InChI is InChI=1S/C29H37N5O7S/c1-17-10-12-22(13-11-17)42(38,39)33(6)15-25-18(2)14-34(19(3)16-35)28(36)23-8-7-9-24(27(23)40-25)30-29(37)31-26-20(4)32-41-21(26)5/h7-13,18-19,25,35H,14-16H2,1-6H3,(H2,30,31,37)/t18-,19+,25-/m1/s1. The Morgan fingerprint density at radius 2 is 1.86 bits per heavy atom. The van der Waals surface area contributed by atoms with Crippen molar-refractivity contribution in [3.63, 3.8) is 0 Å². The molecule has 0 aliphatic carbocycles. The third kappa shape index (κ3) is 6.42. The van der Waals surface area contributed by atoms with Gasteiger partial charge in [0.1, 0.15) is 17.5 Å². The van der Waals surface area contributed by atoms with Gasteiger partial charge in [0.15, 0.2) is 11.5 Å². The van der Waals surface area contributed by atoms with Crippen molar-refractivity contribution < 1.29 is 32.4 Å². The zero-order chi connectivity index (χ0) is 30.8. The minimum Gasteiger partial charge on any atom is -0.486 e. The highest BCUT2D eigenvalue weighted by atomic mass is 32.2. The molecule has 3 amide bonds. The smallest absolute Gasteiger partial charge is 0.323 e. The number of likely N-dealkylation sites (N-methyl/N-ethyl adjacent to an activating group) is 1. The van der Waals surface area contributed by atoms with E-state index in [0.29, 0.717) is 17.1 Å². The lowest BCUT2D eigenvalue weighted by atomic mass is 9.99. The number of nitrogens with zero attached hydrogens (tertiary/aromatic N) is 3. The molecule has 1 aliphatic heterocycles. The van der Waals surface area contributed by atoms with E-state index in [1.54, 1.807) is 68.1 Å². The van der Waals surface area contributed by atoms with Crippen LogP contribution in [0.3, 0.4) is 0 Å². The number of hydrogen-bond donors (Lipinski definition) is 3. The van der Waals surface area contributed by atoms with E-state index in [9.17, 15) is 23.1 Å². The van der Waals surface area contributed by atoms with Gasteiger partial charge in [-0.1, -0.05) is 35.8 Å². The Morgan fingerprint density at radius 1 is 1.17 bits per heavy atom. The molecule has 3 N–H and O–H groups in total. The van der Waals surface area contributed by atoms with Crippen molar-refractivity contribution in [2.24, 2.45) is 5.92 Å². The van der Waals surface area contributed by atoms with E-state index in [2.05, 4.69) is 15.8 Å². The van der Waals surface area contributed by atoms with Crippen LogP contribution in [0.1, 0.15) is 41.2 Å². The van der Waals surface area contributed by atoms with Gasteiger partial charge in [0.25, 0.3) is 5.91 Å². The average molecular weight is 600 g/mol. The lowest BCUT2D eigenvalue weighted by Crippen LogP contribution is -2.50. The number of carbonyl (C=O) groups excluding carboxylic acids is 2. The van der Waals surface area contributed by atoms with Gasteiger partial charge in [0, 0.05) is 19.5 Å². The number of benzene rings is 2. The lowest BCUT2D eigenvalue weighted by Gasteiger charge is -2.38. The molecule has 0 saturated carbocycles. The second-order valence-electron chi connectivity index (χ2n) is 10.7. The Hall–Kier alpha value is -3.94. The maximum atomic E-state index is 13.7. The van der Waals surface area contributed by atoms with Crippen LogP contribution in [0.2, 0.25) is 0 Å². The summed E-state index contributed by atoms with van der Waals surface area (Å²) in [6.45, 7) is 8.73. The number of aliphatic hydroxyl groups excluding tert-OH is 1. The van der Waals surface area contributed by atoms with Crippen LogP contribution in [-0.4, -0.2) is 78.7 Å². The monoisotopic (exact) mass is 599 g/mol. The number of aromatic nitrogens is 1. The van der Waals surface area contributed by atoms with Gasteiger partial charge in [0.05, 0.1) is 35.3 Å². The molecule has 4 rings (SSSR count). The zero-order valence-corrected chi connectivity index (χ0v) is 25.4. The van der Waals surface area contributed by atoms with Gasteiger partial charge in [-0.3, -0.25) is 4.79 Å². The fourth-order valence-electron chi connectivity index (χ4n) is 4.73. The maximum Gasteiger partial charge on any atom is 0.323 e.